The molecule has 1 atom stereocenters. The number of nitrogens with one attached hydrogen (secondary N) is 3. The molecule has 0 aliphatic rings. The highest BCUT2D eigenvalue weighted by Crippen LogP contribution is 2.24. The van der Waals surface area contributed by atoms with Crippen LogP contribution >= 0.6 is 0 Å². The summed E-state index contributed by atoms with van der Waals surface area (Å²) in [6, 6.07) is 11.6. The zero-order valence-electron chi connectivity index (χ0n) is 20.0. The van der Waals surface area contributed by atoms with E-state index in [4.69, 9.17) is 11.1 Å². The number of benzene rings is 1. The molecule has 9 nitrogen and oxygen atoms in total. The largest absolute Gasteiger partial charge is 0.383 e. The molecule has 1 unspecified atom stereocenters. The number of rotatable bonds is 9. The van der Waals surface area contributed by atoms with Crippen molar-refractivity contribution in [2.24, 2.45) is 0 Å². The first-order valence-electron chi connectivity index (χ1n) is 11.3. The third kappa shape index (κ3) is 5.91. The van der Waals surface area contributed by atoms with Gasteiger partial charge in [0.1, 0.15) is 23.5 Å². The van der Waals surface area contributed by atoms with Gasteiger partial charge < -0.3 is 21.8 Å². The molecule has 0 amide bonds. The number of anilines is 2. The first-order valence-corrected chi connectivity index (χ1v) is 11.3. The Balaban J connectivity index is 1.49. The minimum absolute atomic E-state index is 0.152. The molecule has 3 aromatic heterocycles. The van der Waals surface area contributed by atoms with Gasteiger partial charge in [0.05, 0.1) is 35.9 Å². The van der Waals surface area contributed by atoms with Crippen LogP contribution in [0.2, 0.25) is 0 Å². The minimum Gasteiger partial charge on any atom is -0.383 e. The molecule has 0 radical (unpaired) electrons. The van der Waals surface area contributed by atoms with Crippen LogP contribution in [0.3, 0.4) is 0 Å². The van der Waals surface area contributed by atoms with Crippen LogP contribution in [0.15, 0.2) is 67.8 Å². The van der Waals surface area contributed by atoms with Crippen molar-refractivity contribution in [3.8, 4) is 17.3 Å². The highest BCUT2D eigenvalue weighted by atomic mass is 19.1. The predicted molar refractivity (Wildman–Crippen MR) is 141 cm³/mol. The number of nitriles is 1. The van der Waals surface area contributed by atoms with Crippen LogP contribution in [0.1, 0.15) is 40.9 Å². The van der Waals surface area contributed by atoms with Crippen molar-refractivity contribution in [3.63, 3.8) is 0 Å². The fourth-order valence-corrected chi connectivity index (χ4v) is 3.59. The zero-order valence-corrected chi connectivity index (χ0v) is 20.0. The van der Waals surface area contributed by atoms with Gasteiger partial charge in [0.25, 0.3) is 0 Å². The second kappa shape index (κ2) is 11.0. The van der Waals surface area contributed by atoms with Crippen LogP contribution < -0.4 is 16.4 Å². The van der Waals surface area contributed by atoms with Crippen molar-refractivity contribution in [2.75, 3.05) is 11.1 Å². The van der Waals surface area contributed by atoms with Gasteiger partial charge in [0, 0.05) is 47.0 Å². The van der Waals surface area contributed by atoms with Gasteiger partial charge in [0.2, 0.25) is 0 Å². The third-order valence-corrected chi connectivity index (χ3v) is 5.65. The molecule has 0 saturated carbocycles. The van der Waals surface area contributed by atoms with E-state index in [2.05, 4.69) is 43.2 Å². The van der Waals surface area contributed by atoms with Crippen LogP contribution in [0.5, 0.6) is 0 Å². The first kappa shape index (κ1) is 24.9. The van der Waals surface area contributed by atoms with E-state index in [0.717, 1.165) is 11.8 Å². The Bertz CT molecular complexity index is 1480. The Morgan fingerprint density at radius 2 is 1.92 bits per heavy atom. The summed E-state index contributed by atoms with van der Waals surface area (Å²) in [6.07, 6.45) is 7.46. The molecule has 0 fully saturated rings. The Morgan fingerprint density at radius 1 is 1.14 bits per heavy atom. The molecule has 10 heteroatoms. The van der Waals surface area contributed by atoms with E-state index in [-0.39, 0.29) is 17.7 Å². The number of aromatic nitrogens is 4. The van der Waals surface area contributed by atoms with Gasteiger partial charge in [-0.2, -0.15) is 5.26 Å². The Kier molecular flexibility index (Phi) is 7.45. The number of pyridine rings is 2. The van der Waals surface area contributed by atoms with Gasteiger partial charge in [-0.1, -0.05) is 18.7 Å². The lowest BCUT2D eigenvalue weighted by Gasteiger charge is -2.20. The van der Waals surface area contributed by atoms with Crippen LogP contribution in [0.25, 0.3) is 17.0 Å². The summed E-state index contributed by atoms with van der Waals surface area (Å²) in [5, 5.41) is 23.3. The normalized spacial score (nSPS) is 11.3. The standard InChI is InChI=1S/C27H24FN9/c1-16(19-3-5-22(28)6-4-19)37-17(2)24-7-18(9-29)11-35-27(24)36-14-23-13-33-25(15-32-23)21-8-20(10-30)26(31)34-12-21/h3-8,10-13,15-16,30,37H,2,14H2,1H3,(H2,31,34)(H,35,36). The van der Waals surface area contributed by atoms with Crippen LogP contribution in [-0.4, -0.2) is 26.2 Å². The molecule has 5 N–H and O–H groups in total. The van der Waals surface area contributed by atoms with Crippen molar-refractivity contribution >= 4 is 23.5 Å². The second-order valence-corrected chi connectivity index (χ2v) is 8.22. The van der Waals surface area contributed by atoms with Gasteiger partial charge in [-0.25, -0.2) is 14.4 Å². The molecule has 184 valence electrons. The molecule has 0 bridgehead atoms. The van der Waals surface area contributed by atoms with E-state index in [0.29, 0.717) is 51.7 Å². The first-order chi connectivity index (χ1) is 17.9. The van der Waals surface area contributed by atoms with Gasteiger partial charge in [-0.15, -0.1) is 0 Å². The number of hydrogen-bond acceptors (Lipinski definition) is 9. The Hall–Kier alpha value is -5.17. The van der Waals surface area contributed by atoms with Gasteiger partial charge in [-0.3, -0.25) is 9.97 Å². The van der Waals surface area contributed by atoms with Crippen molar-refractivity contribution in [2.45, 2.75) is 19.5 Å². The molecule has 4 rings (SSSR count). The lowest BCUT2D eigenvalue weighted by Crippen LogP contribution is -2.18. The van der Waals surface area contributed by atoms with Crippen molar-refractivity contribution in [3.05, 3.63) is 102 Å². The molecule has 4 aromatic rings. The summed E-state index contributed by atoms with van der Waals surface area (Å²) >= 11 is 0. The van der Waals surface area contributed by atoms with Crippen molar-refractivity contribution in [1.29, 1.82) is 10.7 Å². The summed E-state index contributed by atoms with van der Waals surface area (Å²) < 4.78 is 13.3. The maximum Gasteiger partial charge on any atom is 0.135 e. The van der Waals surface area contributed by atoms with Crippen LogP contribution in [-0.2, 0) is 6.54 Å². The van der Waals surface area contributed by atoms with E-state index in [9.17, 15) is 9.65 Å². The van der Waals surface area contributed by atoms with Gasteiger partial charge in [0.15, 0.2) is 0 Å². The molecule has 0 aliphatic heterocycles. The number of halogens is 1. The number of nitrogen functional groups attached to an aromatic ring is 1. The second-order valence-electron chi connectivity index (χ2n) is 8.22. The van der Waals surface area contributed by atoms with E-state index in [1.807, 2.05) is 6.92 Å². The molecule has 37 heavy (non-hydrogen) atoms. The fourth-order valence-electron chi connectivity index (χ4n) is 3.59. The maximum absolute atomic E-state index is 13.3. The summed E-state index contributed by atoms with van der Waals surface area (Å²) in [6.45, 7) is 6.39. The van der Waals surface area contributed by atoms with Crippen LogP contribution in [0, 0.1) is 22.6 Å². The Morgan fingerprint density at radius 3 is 2.59 bits per heavy atom. The van der Waals surface area contributed by atoms with Crippen LogP contribution in [0.4, 0.5) is 16.0 Å². The number of hydrogen-bond donors (Lipinski definition) is 4. The van der Waals surface area contributed by atoms with E-state index in [1.165, 1.54) is 18.3 Å². The summed E-state index contributed by atoms with van der Waals surface area (Å²) in [4.78, 5) is 17.4. The predicted octanol–water partition coefficient (Wildman–Crippen LogP) is 4.46. The monoisotopic (exact) mass is 493 g/mol. The van der Waals surface area contributed by atoms with Crippen molar-refractivity contribution in [1.82, 2.24) is 25.3 Å². The quantitative estimate of drug-likeness (QED) is 0.250. The SMILES string of the molecule is C=C(NC(C)c1ccc(F)cc1)c1cc(C#N)cnc1NCc1cnc(-c2cnc(N)c(C=N)c2)cn1. The minimum atomic E-state index is -0.301. The summed E-state index contributed by atoms with van der Waals surface area (Å²) in [5.41, 5.74) is 10.7. The average molecular weight is 494 g/mol. The number of nitrogens with two attached hydrogens (primary N) is 1. The third-order valence-electron chi connectivity index (χ3n) is 5.65. The Labute approximate surface area is 213 Å². The van der Waals surface area contributed by atoms with Gasteiger partial charge in [-0.05, 0) is 36.8 Å². The number of nitrogens with zero attached hydrogens (tertiary/aromatic N) is 5. The van der Waals surface area contributed by atoms with E-state index >= 15 is 0 Å². The molecule has 0 spiro atoms. The average Bonchev–Trinajstić information content (AvgIpc) is 2.92. The lowest BCUT2D eigenvalue weighted by molar-refractivity contribution is 0.623. The lowest BCUT2D eigenvalue weighted by atomic mass is 10.1. The highest BCUT2D eigenvalue weighted by molar-refractivity contribution is 5.85. The topological polar surface area (TPSA) is 149 Å². The summed E-state index contributed by atoms with van der Waals surface area (Å²) in [7, 11) is 0. The smallest absolute Gasteiger partial charge is 0.135 e. The zero-order chi connectivity index (χ0) is 26.4. The molecule has 3 heterocycles. The molecular weight excluding hydrogens is 469 g/mol. The van der Waals surface area contributed by atoms with E-state index in [1.54, 1.807) is 42.9 Å². The fraction of sp³-hybridized carbons (Fsp3) is 0.111. The molecule has 0 saturated heterocycles. The highest BCUT2D eigenvalue weighted by Gasteiger charge is 2.14. The molecular formula is C27H24FN9. The maximum atomic E-state index is 13.3. The summed E-state index contributed by atoms with van der Waals surface area (Å²) in [5.74, 6) is 0.498. The van der Waals surface area contributed by atoms with E-state index < -0.39 is 0 Å². The molecule has 0 aliphatic carbocycles. The van der Waals surface area contributed by atoms with Crippen molar-refractivity contribution < 1.29 is 4.39 Å². The van der Waals surface area contributed by atoms with Gasteiger partial charge >= 0.3 is 0 Å². The molecule has 1 aromatic carbocycles.